The minimum atomic E-state index is -0.959. The van der Waals surface area contributed by atoms with Crippen LogP contribution < -0.4 is 5.43 Å². The number of aryl methyl sites for hydroxylation is 1. The monoisotopic (exact) mass is 426 g/mol. The van der Waals surface area contributed by atoms with E-state index < -0.39 is 5.97 Å². The maximum absolute atomic E-state index is 12.7. The second kappa shape index (κ2) is 8.77. The van der Waals surface area contributed by atoms with Gasteiger partial charge in [0, 0.05) is 35.0 Å². The Morgan fingerprint density at radius 3 is 2.34 bits per heavy atom. The third-order valence-corrected chi connectivity index (χ3v) is 5.24. The van der Waals surface area contributed by atoms with Crippen LogP contribution in [0.3, 0.4) is 0 Å². The highest BCUT2D eigenvalue weighted by Crippen LogP contribution is 2.20. The highest BCUT2D eigenvalue weighted by Gasteiger charge is 2.13. The smallest absolute Gasteiger partial charge is 0.335 e. The summed E-state index contributed by atoms with van der Waals surface area (Å²) < 4.78 is 3.89. The summed E-state index contributed by atoms with van der Waals surface area (Å²) in [5.41, 5.74) is 7.74. The quantitative estimate of drug-likeness (QED) is 0.355. The molecule has 0 bridgehead atoms. The fraction of sp³-hybridized carbons (Fsp3) is 0.0800. The van der Waals surface area contributed by atoms with E-state index in [1.165, 1.54) is 0 Å². The van der Waals surface area contributed by atoms with Gasteiger partial charge in [-0.3, -0.25) is 4.79 Å². The van der Waals surface area contributed by atoms with Gasteiger partial charge in [0.25, 0.3) is 5.91 Å². The maximum atomic E-state index is 12.7. The van der Waals surface area contributed by atoms with E-state index >= 15 is 0 Å². The predicted molar refractivity (Wildman–Crippen MR) is 123 cm³/mol. The molecule has 0 radical (unpaired) electrons. The lowest BCUT2D eigenvalue weighted by atomic mass is 10.1. The van der Waals surface area contributed by atoms with Gasteiger partial charge in [-0.25, -0.2) is 10.2 Å². The van der Waals surface area contributed by atoms with Gasteiger partial charge in [0.15, 0.2) is 0 Å². The highest BCUT2D eigenvalue weighted by molar-refractivity contribution is 5.98. The number of hydrazone groups is 1. The van der Waals surface area contributed by atoms with Crippen molar-refractivity contribution in [3.8, 4) is 11.4 Å². The Morgan fingerprint density at radius 1 is 0.969 bits per heavy atom. The first-order valence-electron chi connectivity index (χ1n) is 10.0. The van der Waals surface area contributed by atoms with Crippen molar-refractivity contribution >= 4 is 18.1 Å². The molecule has 4 aromatic rings. The molecule has 0 spiro atoms. The Bertz CT molecular complexity index is 1300. The number of aromatic carboxylic acids is 1. The van der Waals surface area contributed by atoms with Crippen molar-refractivity contribution in [1.82, 2.24) is 14.6 Å². The van der Waals surface area contributed by atoms with Gasteiger partial charge in [-0.15, -0.1) is 0 Å². The molecule has 7 heteroatoms. The third kappa shape index (κ3) is 4.09. The van der Waals surface area contributed by atoms with Crippen LogP contribution in [0.15, 0.2) is 84.2 Å². The largest absolute Gasteiger partial charge is 0.478 e. The zero-order valence-electron chi connectivity index (χ0n) is 17.7. The van der Waals surface area contributed by atoms with Crippen LogP contribution >= 0.6 is 0 Å². The Morgan fingerprint density at radius 2 is 1.66 bits per heavy atom. The number of hydrogen-bond donors (Lipinski definition) is 2. The average Bonchev–Trinajstić information content (AvgIpc) is 3.42. The molecule has 0 fully saturated rings. The van der Waals surface area contributed by atoms with Crippen molar-refractivity contribution in [2.75, 3.05) is 0 Å². The Balaban J connectivity index is 1.53. The first-order chi connectivity index (χ1) is 15.5. The number of aromatic nitrogens is 2. The number of rotatable bonds is 6. The first-order valence-corrected chi connectivity index (χ1v) is 10.0. The lowest BCUT2D eigenvalue weighted by Gasteiger charge is -2.10. The van der Waals surface area contributed by atoms with Gasteiger partial charge in [-0.05, 0) is 68.4 Å². The van der Waals surface area contributed by atoms with Crippen LogP contribution in [0.4, 0.5) is 0 Å². The van der Waals surface area contributed by atoms with Crippen molar-refractivity contribution in [1.29, 1.82) is 0 Å². The van der Waals surface area contributed by atoms with Crippen molar-refractivity contribution in [2.24, 2.45) is 5.10 Å². The van der Waals surface area contributed by atoms with E-state index in [4.69, 9.17) is 5.11 Å². The van der Waals surface area contributed by atoms with E-state index in [9.17, 15) is 9.59 Å². The molecule has 2 N–H and O–H groups in total. The maximum Gasteiger partial charge on any atom is 0.335 e. The molecular formula is C25H22N4O3. The fourth-order valence-corrected chi connectivity index (χ4v) is 3.68. The number of nitrogens with one attached hydrogen (secondary N) is 1. The molecule has 0 atom stereocenters. The molecule has 0 unspecified atom stereocenters. The molecule has 2 heterocycles. The molecule has 2 aromatic heterocycles. The summed E-state index contributed by atoms with van der Waals surface area (Å²) in [6, 6.07) is 19.8. The molecule has 7 nitrogen and oxygen atoms in total. The number of hydrogen-bond acceptors (Lipinski definition) is 3. The average molecular weight is 426 g/mol. The first kappa shape index (κ1) is 20.9. The van der Waals surface area contributed by atoms with Crippen molar-refractivity contribution in [3.05, 3.63) is 107 Å². The molecule has 0 aliphatic heterocycles. The minimum Gasteiger partial charge on any atom is -0.478 e. The fourth-order valence-electron chi connectivity index (χ4n) is 3.68. The summed E-state index contributed by atoms with van der Waals surface area (Å²) in [6.07, 6.45) is 5.38. The lowest BCUT2D eigenvalue weighted by molar-refractivity contribution is 0.0696. The van der Waals surface area contributed by atoms with Crippen molar-refractivity contribution < 1.29 is 14.7 Å². The van der Waals surface area contributed by atoms with Gasteiger partial charge in [0.05, 0.1) is 23.0 Å². The molecule has 1 amide bonds. The molecule has 32 heavy (non-hydrogen) atoms. The molecular weight excluding hydrogens is 404 g/mol. The summed E-state index contributed by atoms with van der Waals surface area (Å²) in [5.74, 6) is -1.26. The zero-order valence-corrected chi connectivity index (χ0v) is 17.7. The van der Waals surface area contributed by atoms with Crippen molar-refractivity contribution in [3.63, 3.8) is 0 Å². The molecule has 4 rings (SSSR count). The van der Waals surface area contributed by atoms with Gasteiger partial charge < -0.3 is 14.2 Å². The van der Waals surface area contributed by atoms with Crippen LogP contribution in [0, 0.1) is 13.8 Å². The molecule has 0 aliphatic carbocycles. The summed E-state index contributed by atoms with van der Waals surface area (Å²) in [7, 11) is 0. The summed E-state index contributed by atoms with van der Waals surface area (Å²) in [4.78, 5) is 23.8. The second-order valence-corrected chi connectivity index (χ2v) is 7.32. The van der Waals surface area contributed by atoms with E-state index in [0.717, 1.165) is 28.3 Å². The highest BCUT2D eigenvalue weighted by atomic mass is 16.4. The molecule has 0 saturated carbocycles. The number of carboxylic acids is 1. The Kier molecular flexibility index (Phi) is 5.72. The molecule has 0 aliphatic rings. The number of carboxylic acid groups (broad SMARTS) is 1. The van der Waals surface area contributed by atoms with Gasteiger partial charge in [-0.1, -0.05) is 12.1 Å². The van der Waals surface area contributed by atoms with Gasteiger partial charge in [0.2, 0.25) is 0 Å². The van der Waals surface area contributed by atoms with Gasteiger partial charge in [-0.2, -0.15) is 5.10 Å². The number of benzene rings is 2. The number of carbonyl (C=O) groups is 2. The summed E-state index contributed by atoms with van der Waals surface area (Å²) >= 11 is 0. The second-order valence-electron chi connectivity index (χ2n) is 7.32. The minimum absolute atomic E-state index is 0.237. The van der Waals surface area contributed by atoms with E-state index in [0.29, 0.717) is 5.56 Å². The number of para-hydroxylation sites is 1. The number of carbonyl (C=O) groups excluding carboxylic acids is 1. The van der Waals surface area contributed by atoms with E-state index in [1.807, 2.05) is 71.8 Å². The van der Waals surface area contributed by atoms with Crippen LogP contribution in [0.25, 0.3) is 11.4 Å². The topological polar surface area (TPSA) is 88.6 Å². The van der Waals surface area contributed by atoms with E-state index in [-0.39, 0.29) is 11.5 Å². The van der Waals surface area contributed by atoms with Gasteiger partial charge >= 0.3 is 5.97 Å². The molecule has 160 valence electrons. The van der Waals surface area contributed by atoms with E-state index in [2.05, 4.69) is 10.5 Å². The number of nitrogens with zero attached hydrogens (tertiary/aromatic N) is 3. The normalized spacial score (nSPS) is 11.1. The SMILES string of the molecule is Cc1cc(/C=N\NC(=O)c2ccccc2-n2cccc2)c(C)n1-c1ccc(C(=O)O)cc1. The van der Waals surface area contributed by atoms with Crippen LogP contribution in [0.5, 0.6) is 0 Å². The van der Waals surface area contributed by atoms with Crippen LogP contribution in [0.1, 0.15) is 37.7 Å². The number of amides is 1. The standard InChI is InChI=1S/C25H22N4O3/c1-17-15-20(18(2)29(17)21-11-9-19(10-12-21)25(31)32)16-26-27-24(30)22-7-3-4-8-23(22)28-13-5-6-14-28/h3-16H,1-2H3,(H,27,30)(H,31,32)/b26-16-. The van der Waals surface area contributed by atoms with Crippen LogP contribution in [-0.4, -0.2) is 32.3 Å². The zero-order chi connectivity index (χ0) is 22.7. The summed E-state index contributed by atoms with van der Waals surface area (Å²) in [5, 5.41) is 13.3. The Hall–Kier alpha value is -4.39. The molecule has 0 saturated heterocycles. The predicted octanol–water partition coefficient (Wildman–Crippen LogP) is 4.35. The van der Waals surface area contributed by atoms with Gasteiger partial charge in [0.1, 0.15) is 0 Å². The van der Waals surface area contributed by atoms with E-state index in [1.54, 1.807) is 36.5 Å². The molecule has 2 aromatic carbocycles. The summed E-state index contributed by atoms with van der Waals surface area (Å²) in [6.45, 7) is 3.91. The van der Waals surface area contributed by atoms with Crippen LogP contribution in [0.2, 0.25) is 0 Å². The third-order valence-electron chi connectivity index (χ3n) is 5.24. The lowest BCUT2D eigenvalue weighted by Crippen LogP contribution is -2.19. The van der Waals surface area contributed by atoms with Crippen LogP contribution in [-0.2, 0) is 0 Å². The Labute approximate surface area is 185 Å². The van der Waals surface area contributed by atoms with Crippen molar-refractivity contribution in [2.45, 2.75) is 13.8 Å².